The number of benzene rings is 2. The van der Waals surface area contributed by atoms with E-state index in [0.29, 0.717) is 29.2 Å². The fourth-order valence-corrected chi connectivity index (χ4v) is 4.87. The molecule has 0 spiro atoms. The molecular weight excluding hydrogens is 495 g/mol. The maximum atomic E-state index is 13.3. The predicted octanol–water partition coefficient (Wildman–Crippen LogP) is 5.12. The summed E-state index contributed by atoms with van der Waals surface area (Å²) in [5, 5.41) is -0.291. The molecule has 2 aliphatic heterocycles. The summed E-state index contributed by atoms with van der Waals surface area (Å²) in [6, 6.07) is 8.92. The van der Waals surface area contributed by atoms with Crippen LogP contribution in [0.25, 0.3) is 6.08 Å². The molecule has 0 saturated carbocycles. The lowest BCUT2D eigenvalue weighted by Gasteiger charge is -2.17. The van der Waals surface area contributed by atoms with Crippen molar-refractivity contribution < 1.29 is 28.2 Å². The Kier molecular flexibility index (Phi) is 7.97. The van der Waals surface area contributed by atoms with Crippen LogP contribution in [0.3, 0.4) is 0 Å². The Bertz CT molecular complexity index is 1180. The summed E-state index contributed by atoms with van der Waals surface area (Å²) in [7, 11) is 0. The van der Waals surface area contributed by atoms with Gasteiger partial charge < -0.3 is 14.4 Å². The average molecular weight is 519 g/mol. The molecule has 3 amide bonds. The second-order valence-corrected chi connectivity index (χ2v) is 9.42. The molecule has 2 aromatic rings. The van der Waals surface area contributed by atoms with E-state index in [0.717, 1.165) is 48.7 Å². The highest BCUT2D eigenvalue weighted by atomic mass is 35.5. The zero-order valence-electron chi connectivity index (χ0n) is 19.1. The number of carbonyl (C=O) groups is 3. The Morgan fingerprint density at radius 2 is 1.89 bits per heavy atom. The fourth-order valence-electron chi connectivity index (χ4n) is 3.81. The van der Waals surface area contributed by atoms with E-state index in [2.05, 4.69) is 0 Å². The van der Waals surface area contributed by atoms with Crippen molar-refractivity contribution in [2.45, 2.75) is 26.3 Å². The van der Waals surface area contributed by atoms with Gasteiger partial charge in [-0.15, -0.1) is 0 Å². The van der Waals surface area contributed by atoms with E-state index in [1.54, 1.807) is 29.2 Å². The van der Waals surface area contributed by atoms with Crippen molar-refractivity contribution in [2.24, 2.45) is 0 Å². The fraction of sp³-hybridized carbons (Fsp3) is 0.320. The number of ether oxygens (including phenoxy) is 2. The summed E-state index contributed by atoms with van der Waals surface area (Å²) in [6.45, 7) is 3.59. The van der Waals surface area contributed by atoms with Gasteiger partial charge in [0.1, 0.15) is 5.82 Å². The maximum Gasteiger partial charge on any atom is 0.293 e. The minimum atomic E-state index is -0.495. The van der Waals surface area contributed by atoms with Crippen LogP contribution in [0.15, 0.2) is 41.3 Å². The molecule has 2 heterocycles. The average Bonchev–Trinajstić information content (AvgIpc) is 3.45. The first-order chi connectivity index (χ1) is 16.9. The van der Waals surface area contributed by atoms with Crippen LogP contribution < -0.4 is 9.47 Å². The molecule has 35 heavy (non-hydrogen) atoms. The van der Waals surface area contributed by atoms with Crippen molar-refractivity contribution in [1.82, 2.24) is 9.80 Å². The monoisotopic (exact) mass is 518 g/mol. The molecule has 0 aromatic heterocycles. The van der Waals surface area contributed by atoms with Crippen LogP contribution >= 0.6 is 23.4 Å². The third kappa shape index (κ3) is 5.97. The van der Waals surface area contributed by atoms with Crippen LogP contribution in [-0.4, -0.2) is 53.2 Å². The molecule has 4 rings (SSSR count). The van der Waals surface area contributed by atoms with Crippen LogP contribution in [-0.2, 0) is 16.1 Å². The van der Waals surface area contributed by atoms with E-state index >= 15 is 0 Å². The van der Waals surface area contributed by atoms with Gasteiger partial charge in [-0.1, -0.05) is 23.7 Å². The molecule has 0 atom stereocenters. The Morgan fingerprint density at radius 3 is 2.60 bits per heavy atom. The smallest absolute Gasteiger partial charge is 0.293 e. The number of thioether (sulfide) groups is 1. The van der Waals surface area contributed by atoms with Crippen LogP contribution in [0.2, 0.25) is 5.02 Å². The number of halogens is 2. The Morgan fingerprint density at radius 1 is 1.11 bits per heavy atom. The van der Waals surface area contributed by atoms with E-state index in [-0.39, 0.29) is 29.0 Å². The minimum absolute atomic E-state index is 0.0524. The number of amides is 3. The molecule has 0 N–H and O–H groups in total. The van der Waals surface area contributed by atoms with Crippen molar-refractivity contribution in [1.29, 1.82) is 0 Å². The highest BCUT2D eigenvalue weighted by Crippen LogP contribution is 2.36. The Hall–Kier alpha value is -3.04. The van der Waals surface area contributed by atoms with E-state index < -0.39 is 17.0 Å². The summed E-state index contributed by atoms with van der Waals surface area (Å²) < 4.78 is 24.7. The summed E-state index contributed by atoms with van der Waals surface area (Å²) >= 11 is 6.87. The van der Waals surface area contributed by atoms with Gasteiger partial charge in [0, 0.05) is 18.1 Å². The molecule has 2 aliphatic rings. The standard InChI is InChI=1S/C25H24ClFN2O5S/c1-2-33-21-11-16(5-8-20(21)34-15-23(30)28-9-3-4-10-28)12-22-24(31)29(25(32)35-22)14-17-6-7-18(27)13-19(17)26/h5-8,11-13H,2-4,9-10,14-15H2,1H3/b22-12-. The van der Waals surface area contributed by atoms with Crippen molar-refractivity contribution in [3.05, 3.63) is 63.3 Å². The molecule has 2 fully saturated rings. The minimum Gasteiger partial charge on any atom is -0.490 e. The van der Waals surface area contributed by atoms with Gasteiger partial charge in [-0.3, -0.25) is 19.3 Å². The van der Waals surface area contributed by atoms with Gasteiger partial charge >= 0.3 is 0 Å². The number of carbonyl (C=O) groups excluding carboxylic acids is 3. The Balaban J connectivity index is 1.47. The van der Waals surface area contributed by atoms with Gasteiger partial charge in [0.15, 0.2) is 18.1 Å². The normalized spacial score (nSPS) is 16.9. The Labute approximate surface area is 211 Å². The molecule has 184 valence electrons. The number of nitrogens with zero attached hydrogens (tertiary/aromatic N) is 2. The highest BCUT2D eigenvalue weighted by Gasteiger charge is 2.35. The lowest BCUT2D eigenvalue weighted by atomic mass is 10.1. The third-order valence-electron chi connectivity index (χ3n) is 5.59. The molecule has 0 bridgehead atoms. The molecule has 7 nitrogen and oxygen atoms in total. The number of likely N-dealkylation sites (tertiary alicyclic amines) is 1. The van der Waals surface area contributed by atoms with Crippen LogP contribution in [0.5, 0.6) is 11.5 Å². The number of rotatable bonds is 8. The van der Waals surface area contributed by atoms with Gasteiger partial charge in [-0.2, -0.15) is 0 Å². The van der Waals surface area contributed by atoms with Crippen LogP contribution in [0.4, 0.5) is 9.18 Å². The lowest BCUT2D eigenvalue weighted by molar-refractivity contribution is -0.132. The zero-order chi connectivity index (χ0) is 24.9. The maximum absolute atomic E-state index is 13.3. The van der Waals surface area contributed by atoms with E-state index in [9.17, 15) is 18.8 Å². The van der Waals surface area contributed by atoms with E-state index in [1.165, 1.54) is 12.1 Å². The van der Waals surface area contributed by atoms with Crippen molar-refractivity contribution in [2.75, 3.05) is 26.3 Å². The molecule has 0 aliphatic carbocycles. The van der Waals surface area contributed by atoms with Crippen molar-refractivity contribution >= 4 is 46.5 Å². The van der Waals surface area contributed by atoms with Gasteiger partial charge in [0.05, 0.1) is 18.1 Å². The van der Waals surface area contributed by atoms with Gasteiger partial charge in [-0.25, -0.2) is 4.39 Å². The van der Waals surface area contributed by atoms with E-state index in [1.807, 2.05) is 6.92 Å². The molecule has 0 unspecified atom stereocenters. The van der Waals surface area contributed by atoms with E-state index in [4.69, 9.17) is 21.1 Å². The molecule has 2 saturated heterocycles. The van der Waals surface area contributed by atoms with Crippen molar-refractivity contribution in [3.63, 3.8) is 0 Å². The van der Waals surface area contributed by atoms with Crippen LogP contribution in [0.1, 0.15) is 30.9 Å². The zero-order valence-corrected chi connectivity index (χ0v) is 20.7. The molecular formula is C25H24ClFN2O5S. The summed E-state index contributed by atoms with van der Waals surface area (Å²) in [5.74, 6) is -0.159. The lowest BCUT2D eigenvalue weighted by Crippen LogP contribution is -2.32. The third-order valence-corrected chi connectivity index (χ3v) is 6.85. The first kappa shape index (κ1) is 25.1. The first-order valence-corrected chi connectivity index (χ1v) is 12.4. The van der Waals surface area contributed by atoms with Gasteiger partial charge in [0.2, 0.25) is 0 Å². The van der Waals surface area contributed by atoms with Crippen molar-refractivity contribution in [3.8, 4) is 11.5 Å². The number of imide groups is 1. The van der Waals surface area contributed by atoms with Crippen LogP contribution in [0, 0.1) is 5.82 Å². The summed E-state index contributed by atoms with van der Waals surface area (Å²) in [4.78, 5) is 40.8. The SMILES string of the molecule is CCOc1cc(/C=C2\SC(=O)N(Cc3ccc(F)cc3Cl)C2=O)ccc1OCC(=O)N1CCCC1. The summed E-state index contributed by atoms with van der Waals surface area (Å²) in [5.41, 5.74) is 1.11. The summed E-state index contributed by atoms with van der Waals surface area (Å²) in [6.07, 6.45) is 3.61. The molecule has 10 heteroatoms. The highest BCUT2D eigenvalue weighted by molar-refractivity contribution is 8.18. The first-order valence-electron chi connectivity index (χ1n) is 11.2. The predicted molar refractivity (Wildman–Crippen MR) is 132 cm³/mol. The second kappa shape index (κ2) is 11.1. The molecule has 0 radical (unpaired) electrons. The number of hydrogen-bond acceptors (Lipinski definition) is 6. The number of hydrogen-bond donors (Lipinski definition) is 0. The van der Waals surface area contributed by atoms with Gasteiger partial charge in [-0.05, 0) is 73.0 Å². The topological polar surface area (TPSA) is 76.1 Å². The molecule has 2 aromatic carbocycles. The van der Waals surface area contributed by atoms with Gasteiger partial charge in [0.25, 0.3) is 17.1 Å². The largest absolute Gasteiger partial charge is 0.490 e. The second-order valence-electron chi connectivity index (χ2n) is 8.02. The quantitative estimate of drug-likeness (QED) is 0.452.